The number of aryl methyl sites for hydroxylation is 1. The van der Waals surface area contributed by atoms with Crippen molar-refractivity contribution in [2.75, 3.05) is 5.32 Å². The molecule has 0 aliphatic carbocycles. The number of nitrogens with zero attached hydrogens (tertiary/aromatic N) is 2. The maximum Gasteiger partial charge on any atom is 0.161 e. The molecule has 0 saturated carbocycles. The maximum atomic E-state index is 13.9. The summed E-state index contributed by atoms with van der Waals surface area (Å²) in [6.07, 6.45) is 0. The molecule has 1 N–H and O–H groups in total. The number of nitrogens with one attached hydrogen (secondary N) is 1. The Bertz CT molecular complexity index is 618. The van der Waals surface area contributed by atoms with E-state index in [0.717, 1.165) is 10.7 Å². The number of thiazole rings is 1. The van der Waals surface area contributed by atoms with Crippen molar-refractivity contribution in [3.05, 3.63) is 44.1 Å². The lowest BCUT2D eigenvalue weighted by Crippen LogP contribution is -2.02. The number of aromatic nitrogens is 1. The van der Waals surface area contributed by atoms with E-state index in [4.69, 9.17) is 5.26 Å². The Morgan fingerprint density at radius 1 is 1.56 bits per heavy atom. The zero-order valence-electron chi connectivity index (χ0n) is 9.50. The third-order valence-electron chi connectivity index (χ3n) is 2.33. The van der Waals surface area contributed by atoms with Crippen molar-refractivity contribution in [1.82, 2.24) is 4.98 Å². The summed E-state index contributed by atoms with van der Waals surface area (Å²) in [6.45, 7) is 2.38. The third-order valence-corrected chi connectivity index (χ3v) is 3.93. The lowest BCUT2D eigenvalue weighted by Gasteiger charge is -2.07. The summed E-state index contributed by atoms with van der Waals surface area (Å²) in [5.41, 5.74) is 1.51. The zero-order valence-corrected chi connectivity index (χ0v) is 11.9. The minimum Gasteiger partial charge on any atom is -0.377 e. The van der Waals surface area contributed by atoms with E-state index in [0.29, 0.717) is 12.2 Å². The zero-order chi connectivity index (χ0) is 13.1. The molecule has 0 unspecified atom stereocenters. The molecule has 0 radical (unpaired) electrons. The molecule has 0 amide bonds. The number of nitriles is 1. The molecule has 0 fully saturated rings. The molecule has 0 aliphatic rings. The highest BCUT2D eigenvalue weighted by Gasteiger charge is 2.11. The van der Waals surface area contributed by atoms with Crippen LogP contribution in [0.15, 0.2) is 22.0 Å². The van der Waals surface area contributed by atoms with E-state index >= 15 is 0 Å². The van der Waals surface area contributed by atoms with E-state index < -0.39 is 5.82 Å². The summed E-state index contributed by atoms with van der Waals surface area (Å²) in [4.78, 5) is 4.28. The Balaban J connectivity index is 2.15. The molecule has 0 atom stereocenters. The first-order valence-corrected chi connectivity index (χ1v) is 6.82. The minimum atomic E-state index is -0.457. The fraction of sp³-hybridized carbons (Fsp3) is 0.167. The second kappa shape index (κ2) is 5.46. The molecule has 0 aliphatic heterocycles. The molecule has 18 heavy (non-hydrogen) atoms. The van der Waals surface area contributed by atoms with Crippen molar-refractivity contribution >= 4 is 33.0 Å². The van der Waals surface area contributed by atoms with Crippen molar-refractivity contribution in [3.8, 4) is 6.07 Å². The van der Waals surface area contributed by atoms with Crippen LogP contribution < -0.4 is 5.32 Å². The van der Waals surface area contributed by atoms with E-state index in [1.807, 2.05) is 18.4 Å². The molecular formula is C12H9BrFN3S. The van der Waals surface area contributed by atoms with Crippen LogP contribution in [0.3, 0.4) is 0 Å². The minimum absolute atomic E-state index is 0.185. The van der Waals surface area contributed by atoms with Gasteiger partial charge in [-0.3, -0.25) is 0 Å². The summed E-state index contributed by atoms with van der Waals surface area (Å²) in [5, 5.41) is 14.6. The summed E-state index contributed by atoms with van der Waals surface area (Å²) in [6, 6.07) is 5.04. The van der Waals surface area contributed by atoms with Crippen molar-refractivity contribution in [2.24, 2.45) is 0 Å². The molecule has 0 bridgehead atoms. The Morgan fingerprint density at radius 2 is 2.33 bits per heavy atom. The highest BCUT2D eigenvalue weighted by atomic mass is 79.9. The van der Waals surface area contributed by atoms with Gasteiger partial charge in [0.15, 0.2) is 5.82 Å². The van der Waals surface area contributed by atoms with Crippen LogP contribution in [0, 0.1) is 24.1 Å². The van der Waals surface area contributed by atoms with Gasteiger partial charge >= 0.3 is 0 Å². The number of halogens is 2. The second-order valence-electron chi connectivity index (χ2n) is 3.61. The predicted molar refractivity (Wildman–Crippen MR) is 73.0 cm³/mol. The average molecular weight is 326 g/mol. The van der Waals surface area contributed by atoms with Gasteiger partial charge in [-0.25, -0.2) is 9.37 Å². The Labute approximate surface area is 116 Å². The molecule has 92 valence electrons. The number of hydrogen-bond donors (Lipinski definition) is 1. The van der Waals surface area contributed by atoms with E-state index in [2.05, 4.69) is 26.2 Å². The van der Waals surface area contributed by atoms with Crippen LogP contribution in [0.1, 0.15) is 16.3 Å². The van der Waals surface area contributed by atoms with Crippen LogP contribution >= 0.6 is 27.3 Å². The van der Waals surface area contributed by atoms with Crippen LogP contribution in [0.4, 0.5) is 10.1 Å². The van der Waals surface area contributed by atoms with Gasteiger partial charge in [-0.1, -0.05) is 0 Å². The maximum absolute atomic E-state index is 13.9. The quantitative estimate of drug-likeness (QED) is 0.932. The van der Waals surface area contributed by atoms with Gasteiger partial charge in [0.2, 0.25) is 0 Å². The fourth-order valence-electron chi connectivity index (χ4n) is 1.45. The number of anilines is 1. The summed E-state index contributed by atoms with van der Waals surface area (Å²) < 4.78 is 14.1. The average Bonchev–Trinajstić information content (AvgIpc) is 2.77. The van der Waals surface area contributed by atoms with Gasteiger partial charge in [-0.2, -0.15) is 5.26 Å². The summed E-state index contributed by atoms with van der Waals surface area (Å²) in [5.74, 6) is -0.457. The van der Waals surface area contributed by atoms with Crippen molar-refractivity contribution in [3.63, 3.8) is 0 Å². The second-order valence-corrected chi connectivity index (χ2v) is 5.47. The summed E-state index contributed by atoms with van der Waals surface area (Å²) >= 11 is 4.63. The van der Waals surface area contributed by atoms with Crippen LogP contribution in [0.25, 0.3) is 0 Å². The lowest BCUT2D eigenvalue weighted by atomic mass is 10.2. The Morgan fingerprint density at radius 3 is 2.94 bits per heavy atom. The fourth-order valence-corrected chi connectivity index (χ4v) is 2.49. The van der Waals surface area contributed by atoms with Crippen molar-refractivity contribution in [2.45, 2.75) is 13.5 Å². The molecule has 2 aromatic rings. The molecule has 0 spiro atoms. The molecule has 1 aromatic heterocycles. The predicted octanol–water partition coefficient (Wildman–Crippen LogP) is 3.84. The lowest BCUT2D eigenvalue weighted by molar-refractivity contribution is 0.623. The van der Waals surface area contributed by atoms with E-state index in [1.165, 1.54) is 0 Å². The smallest absolute Gasteiger partial charge is 0.161 e. The van der Waals surface area contributed by atoms with E-state index in [-0.39, 0.29) is 10.0 Å². The van der Waals surface area contributed by atoms with E-state index in [1.54, 1.807) is 23.5 Å². The van der Waals surface area contributed by atoms with Gasteiger partial charge < -0.3 is 5.32 Å². The third kappa shape index (κ3) is 2.68. The molecule has 1 heterocycles. The Kier molecular flexibility index (Phi) is 3.94. The van der Waals surface area contributed by atoms with Crippen LogP contribution in [-0.4, -0.2) is 4.98 Å². The number of hydrogen-bond acceptors (Lipinski definition) is 4. The van der Waals surface area contributed by atoms with Crippen molar-refractivity contribution in [1.29, 1.82) is 5.26 Å². The SMILES string of the molecule is Cc1nc(CNc2ccc(C#N)c(Br)c2F)cs1. The monoisotopic (exact) mass is 325 g/mol. The van der Waals surface area contributed by atoms with Gasteiger partial charge in [0.1, 0.15) is 6.07 Å². The normalized spacial score (nSPS) is 10.1. The van der Waals surface area contributed by atoms with Gasteiger partial charge in [0.25, 0.3) is 0 Å². The first-order chi connectivity index (χ1) is 8.61. The molecule has 6 heteroatoms. The van der Waals surface area contributed by atoms with Gasteiger partial charge in [-0.15, -0.1) is 11.3 Å². The standard InChI is InChI=1S/C12H9BrFN3S/c1-7-17-9(6-18-7)5-16-10-3-2-8(4-15)11(13)12(10)14/h2-3,6,16H,5H2,1H3. The molecule has 3 nitrogen and oxygen atoms in total. The number of benzene rings is 1. The van der Waals surface area contributed by atoms with Crippen LogP contribution in [0.5, 0.6) is 0 Å². The molecule has 0 saturated heterocycles. The first kappa shape index (κ1) is 13.0. The van der Waals surface area contributed by atoms with Crippen LogP contribution in [-0.2, 0) is 6.54 Å². The first-order valence-electron chi connectivity index (χ1n) is 5.15. The Hall–Kier alpha value is -1.45. The van der Waals surface area contributed by atoms with Gasteiger partial charge in [0.05, 0.1) is 33.0 Å². The largest absolute Gasteiger partial charge is 0.377 e. The molecule has 1 aromatic carbocycles. The van der Waals surface area contributed by atoms with Gasteiger partial charge in [0, 0.05) is 5.38 Å². The van der Waals surface area contributed by atoms with E-state index in [9.17, 15) is 4.39 Å². The number of rotatable bonds is 3. The molecular weight excluding hydrogens is 317 g/mol. The highest BCUT2D eigenvalue weighted by Crippen LogP contribution is 2.26. The van der Waals surface area contributed by atoms with Crippen molar-refractivity contribution < 1.29 is 4.39 Å². The van der Waals surface area contributed by atoms with Crippen LogP contribution in [0.2, 0.25) is 0 Å². The summed E-state index contributed by atoms with van der Waals surface area (Å²) in [7, 11) is 0. The highest BCUT2D eigenvalue weighted by molar-refractivity contribution is 9.10. The molecule has 2 rings (SSSR count). The van der Waals surface area contributed by atoms with Gasteiger partial charge in [-0.05, 0) is 35.0 Å². The topological polar surface area (TPSA) is 48.7 Å².